The zero-order valence-corrected chi connectivity index (χ0v) is 18.3. The highest BCUT2D eigenvalue weighted by Crippen LogP contribution is 2.36. The molecule has 2 atom stereocenters. The molecular formula is C23H26BrN3O3. The van der Waals surface area contributed by atoms with Gasteiger partial charge in [-0.15, -0.1) is 5.06 Å². The van der Waals surface area contributed by atoms with Crippen LogP contribution in [0, 0.1) is 5.92 Å². The molecule has 2 aliphatic heterocycles. The van der Waals surface area contributed by atoms with Gasteiger partial charge in [-0.1, -0.05) is 58.4 Å². The van der Waals surface area contributed by atoms with E-state index in [1.54, 1.807) is 5.06 Å². The van der Waals surface area contributed by atoms with Gasteiger partial charge >= 0.3 is 0 Å². The predicted molar refractivity (Wildman–Crippen MR) is 117 cm³/mol. The van der Waals surface area contributed by atoms with Crippen molar-refractivity contribution in [1.82, 2.24) is 15.3 Å². The summed E-state index contributed by atoms with van der Waals surface area (Å²) in [5, 5.41) is 5.00. The van der Waals surface area contributed by atoms with Crippen molar-refractivity contribution in [1.29, 1.82) is 0 Å². The van der Waals surface area contributed by atoms with E-state index in [4.69, 9.17) is 4.84 Å². The lowest BCUT2D eigenvalue weighted by Gasteiger charge is -2.33. The van der Waals surface area contributed by atoms with Crippen LogP contribution in [0.3, 0.4) is 0 Å². The number of amides is 1. The Bertz CT molecular complexity index is 873. The number of rotatable bonds is 6. The summed E-state index contributed by atoms with van der Waals surface area (Å²) < 4.78 is 0.923. The average Bonchev–Trinajstić information content (AvgIpc) is 3.17. The molecule has 4 rings (SSSR count). The topological polar surface area (TPSA) is 61.9 Å². The van der Waals surface area contributed by atoms with Crippen molar-refractivity contribution in [3.05, 3.63) is 70.2 Å². The van der Waals surface area contributed by atoms with Gasteiger partial charge in [0, 0.05) is 16.9 Å². The van der Waals surface area contributed by atoms with Crippen LogP contribution in [0.15, 0.2) is 59.1 Å². The van der Waals surface area contributed by atoms with Crippen LogP contribution in [-0.4, -0.2) is 47.8 Å². The summed E-state index contributed by atoms with van der Waals surface area (Å²) in [6.07, 6.45) is 2.07. The van der Waals surface area contributed by atoms with Gasteiger partial charge in [-0.05, 0) is 49.2 Å². The first-order chi connectivity index (χ1) is 14.7. The molecule has 2 heterocycles. The number of carbonyl (C=O) groups excluding carboxylic acids is 2. The summed E-state index contributed by atoms with van der Waals surface area (Å²) in [7, 11) is 0. The Balaban J connectivity index is 1.63. The second-order valence-electron chi connectivity index (χ2n) is 7.77. The fraction of sp³-hybridized carbons (Fsp3) is 0.391. The number of benzene rings is 2. The molecule has 0 spiro atoms. The summed E-state index contributed by atoms with van der Waals surface area (Å²) in [6.45, 7) is 2.36. The van der Waals surface area contributed by atoms with Crippen molar-refractivity contribution in [2.24, 2.45) is 5.92 Å². The Kier molecular flexibility index (Phi) is 6.94. The number of nitrogens with one attached hydrogen (secondary N) is 1. The Hall–Kier alpha value is -2.06. The smallest absolute Gasteiger partial charge is 0.227 e. The van der Waals surface area contributed by atoms with Gasteiger partial charge in [-0.3, -0.25) is 9.63 Å². The molecule has 2 aromatic rings. The van der Waals surface area contributed by atoms with Crippen LogP contribution in [0.2, 0.25) is 0 Å². The molecule has 2 aliphatic rings. The van der Waals surface area contributed by atoms with E-state index in [-0.39, 0.29) is 11.8 Å². The lowest BCUT2D eigenvalue weighted by Crippen LogP contribution is -2.42. The number of hydrogen-bond donors (Lipinski definition) is 1. The van der Waals surface area contributed by atoms with E-state index in [9.17, 15) is 9.59 Å². The van der Waals surface area contributed by atoms with Gasteiger partial charge in [0.25, 0.3) is 0 Å². The van der Waals surface area contributed by atoms with Crippen molar-refractivity contribution in [3.63, 3.8) is 0 Å². The maximum atomic E-state index is 13.4. The summed E-state index contributed by atoms with van der Waals surface area (Å²) >= 11 is 3.53. The van der Waals surface area contributed by atoms with Crippen LogP contribution in [0.5, 0.6) is 0 Å². The highest BCUT2D eigenvalue weighted by Gasteiger charge is 2.45. The van der Waals surface area contributed by atoms with Crippen LogP contribution in [0.25, 0.3) is 0 Å². The van der Waals surface area contributed by atoms with E-state index in [0.29, 0.717) is 13.2 Å². The Morgan fingerprint density at radius 1 is 1.13 bits per heavy atom. The predicted octanol–water partition coefficient (Wildman–Crippen LogP) is 3.29. The minimum absolute atomic E-state index is 0.0257. The van der Waals surface area contributed by atoms with Gasteiger partial charge in [-0.25, -0.2) is 0 Å². The fourth-order valence-corrected chi connectivity index (χ4v) is 4.62. The van der Waals surface area contributed by atoms with E-state index < -0.39 is 12.2 Å². The molecule has 0 aromatic heterocycles. The van der Waals surface area contributed by atoms with Crippen LogP contribution in [0.4, 0.5) is 0 Å². The van der Waals surface area contributed by atoms with Crippen molar-refractivity contribution in [2.75, 3.05) is 19.6 Å². The molecule has 0 saturated carbocycles. The first kappa shape index (κ1) is 21.2. The Morgan fingerprint density at radius 3 is 2.60 bits per heavy atom. The zero-order valence-electron chi connectivity index (χ0n) is 16.7. The standard InChI is InChI=1S/C23H26BrN3O3/c24-20-8-4-7-19(13-20)22-26(23(29)18-9-11-25-12-10-18)14-21(15-28)27(22)30-16-17-5-2-1-3-6-17/h1-8,13,15,18,21-22,25H,9-12,14,16H2. The van der Waals surface area contributed by atoms with Crippen LogP contribution in [0.1, 0.15) is 30.1 Å². The van der Waals surface area contributed by atoms with Crippen molar-refractivity contribution < 1.29 is 14.4 Å². The molecule has 2 fully saturated rings. The van der Waals surface area contributed by atoms with Gasteiger partial charge < -0.3 is 15.0 Å². The number of nitrogens with zero attached hydrogens (tertiary/aromatic N) is 2. The largest absolute Gasteiger partial charge is 0.318 e. The Labute approximate surface area is 185 Å². The van der Waals surface area contributed by atoms with E-state index in [2.05, 4.69) is 21.2 Å². The molecule has 30 heavy (non-hydrogen) atoms. The number of hydrogen-bond acceptors (Lipinski definition) is 5. The monoisotopic (exact) mass is 471 g/mol. The van der Waals surface area contributed by atoms with Crippen molar-refractivity contribution in [2.45, 2.75) is 31.7 Å². The minimum atomic E-state index is -0.511. The van der Waals surface area contributed by atoms with Gasteiger partial charge in [-0.2, -0.15) is 0 Å². The maximum absolute atomic E-state index is 13.4. The van der Waals surface area contributed by atoms with Gasteiger partial charge in [0.2, 0.25) is 5.91 Å². The van der Waals surface area contributed by atoms with E-state index in [1.165, 1.54) is 0 Å². The maximum Gasteiger partial charge on any atom is 0.227 e. The molecule has 7 heteroatoms. The first-order valence-electron chi connectivity index (χ1n) is 10.3. The van der Waals surface area contributed by atoms with Gasteiger partial charge in [0.05, 0.1) is 6.61 Å². The summed E-state index contributed by atoms with van der Waals surface area (Å²) in [6, 6.07) is 17.2. The molecule has 2 aromatic carbocycles. The molecule has 6 nitrogen and oxygen atoms in total. The molecule has 0 bridgehead atoms. The third-order valence-electron chi connectivity index (χ3n) is 5.75. The molecule has 158 valence electrons. The normalized spacial score (nSPS) is 22.9. The number of carbonyl (C=O) groups is 2. The quantitative estimate of drug-likeness (QED) is 0.654. The van der Waals surface area contributed by atoms with E-state index in [0.717, 1.165) is 47.8 Å². The molecule has 2 unspecified atom stereocenters. The van der Waals surface area contributed by atoms with Crippen LogP contribution >= 0.6 is 15.9 Å². The first-order valence-corrected chi connectivity index (χ1v) is 11.1. The molecular weight excluding hydrogens is 446 g/mol. The zero-order chi connectivity index (χ0) is 20.9. The number of aldehydes is 1. The number of hydroxylamine groups is 2. The van der Waals surface area contributed by atoms with E-state index in [1.807, 2.05) is 59.5 Å². The second kappa shape index (κ2) is 9.83. The van der Waals surface area contributed by atoms with Crippen LogP contribution < -0.4 is 5.32 Å². The van der Waals surface area contributed by atoms with E-state index >= 15 is 0 Å². The summed E-state index contributed by atoms with van der Waals surface area (Å²) in [5.41, 5.74) is 1.93. The molecule has 0 aliphatic carbocycles. The van der Waals surface area contributed by atoms with Crippen molar-refractivity contribution in [3.8, 4) is 0 Å². The van der Waals surface area contributed by atoms with Crippen molar-refractivity contribution >= 4 is 28.1 Å². The number of piperidine rings is 1. The molecule has 1 amide bonds. The minimum Gasteiger partial charge on any atom is -0.318 e. The molecule has 1 N–H and O–H groups in total. The summed E-state index contributed by atoms with van der Waals surface area (Å²) in [4.78, 5) is 33.3. The number of halogens is 1. The highest BCUT2D eigenvalue weighted by molar-refractivity contribution is 9.10. The molecule has 0 radical (unpaired) electrons. The SMILES string of the molecule is O=CC1CN(C(=O)C2CCNCC2)C(c2cccc(Br)c2)N1OCc1ccccc1. The third kappa shape index (κ3) is 4.64. The fourth-order valence-electron chi connectivity index (χ4n) is 4.20. The molecule has 2 saturated heterocycles. The average molecular weight is 472 g/mol. The highest BCUT2D eigenvalue weighted by atomic mass is 79.9. The lowest BCUT2D eigenvalue weighted by atomic mass is 9.96. The van der Waals surface area contributed by atoms with Gasteiger partial charge in [0.15, 0.2) is 0 Å². The van der Waals surface area contributed by atoms with Gasteiger partial charge in [0.1, 0.15) is 18.5 Å². The second-order valence-corrected chi connectivity index (χ2v) is 8.68. The third-order valence-corrected chi connectivity index (χ3v) is 6.24. The summed E-state index contributed by atoms with van der Waals surface area (Å²) in [5.74, 6) is 0.0708. The lowest BCUT2D eigenvalue weighted by molar-refractivity contribution is -0.213. The van der Waals surface area contributed by atoms with Crippen LogP contribution in [-0.2, 0) is 21.0 Å². The Morgan fingerprint density at radius 2 is 1.90 bits per heavy atom.